The molecule has 0 bridgehead atoms. The van der Waals surface area contributed by atoms with Crippen LogP contribution in [0.1, 0.15) is 43.8 Å². The van der Waals surface area contributed by atoms with Crippen LogP contribution in [-0.2, 0) is 11.3 Å². The maximum atomic E-state index is 13.8. The van der Waals surface area contributed by atoms with Crippen molar-refractivity contribution in [3.63, 3.8) is 0 Å². The summed E-state index contributed by atoms with van der Waals surface area (Å²) in [6.45, 7) is 9.58. The highest BCUT2D eigenvalue weighted by molar-refractivity contribution is 7.99. The molecule has 0 atom stereocenters. The summed E-state index contributed by atoms with van der Waals surface area (Å²) < 4.78 is 5.40. The molecule has 0 unspecified atom stereocenters. The van der Waals surface area contributed by atoms with Crippen LogP contribution in [0.2, 0.25) is 0 Å². The van der Waals surface area contributed by atoms with Crippen LogP contribution in [0, 0.1) is 13.8 Å². The van der Waals surface area contributed by atoms with Gasteiger partial charge in [-0.3, -0.25) is 14.5 Å². The Hall–Kier alpha value is -3.13. The summed E-state index contributed by atoms with van der Waals surface area (Å²) in [5, 5.41) is 3.06. The number of nitrogens with zero attached hydrogens (tertiary/aromatic N) is 2. The quantitative estimate of drug-likeness (QED) is 0.446. The Morgan fingerprint density at radius 2 is 1.81 bits per heavy atom. The van der Waals surface area contributed by atoms with E-state index in [2.05, 4.69) is 42.3 Å². The van der Waals surface area contributed by atoms with Gasteiger partial charge in [-0.05, 0) is 68.3 Å². The first-order valence-corrected chi connectivity index (χ1v) is 13.7. The number of morpholine rings is 1. The minimum atomic E-state index is -0.115. The fourth-order valence-electron chi connectivity index (χ4n) is 4.79. The normalized spacial score (nSPS) is 15.6. The molecule has 3 aromatic carbocycles. The van der Waals surface area contributed by atoms with Crippen LogP contribution in [-0.4, -0.2) is 56.1 Å². The molecule has 1 saturated heterocycles. The molecular formula is C30H33N3O3S. The molecule has 2 aliphatic heterocycles. The third-order valence-corrected chi connectivity index (χ3v) is 8.11. The average Bonchev–Trinajstić information content (AvgIpc) is 3.03. The largest absolute Gasteiger partial charge is 0.379 e. The zero-order chi connectivity index (χ0) is 25.8. The molecule has 0 radical (unpaired) electrons. The minimum absolute atomic E-state index is 0.0502. The number of aryl methyl sites for hydroxylation is 2. The fraction of sp³-hybridized carbons (Fsp3) is 0.333. The molecule has 2 heterocycles. The molecule has 192 valence electrons. The number of hydrogen-bond acceptors (Lipinski definition) is 5. The monoisotopic (exact) mass is 515 g/mol. The van der Waals surface area contributed by atoms with Crippen molar-refractivity contribution in [2.24, 2.45) is 0 Å². The molecule has 2 aliphatic rings. The Morgan fingerprint density at radius 3 is 2.65 bits per heavy atom. The van der Waals surface area contributed by atoms with E-state index < -0.39 is 0 Å². The Labute approximate surface area is 223 Å². The molecule has 37 heavy (non-hydrogen) atoms. The van der Waals surface area contributed by atoms with Gasteiger partial charge >= 0.3 is 0 Å². The Morgan fingerprint density at radius 1 is 1.00 bits per heavy atom. The SMILES string of the molecule is Cc1ccc(C)c(CN2C(=O)c3ccccc3Sc3ccc(C(=O)NCCCN4CCOCC4)cc32)c1. The molecule has 0 spiro atoms. The van der Waals surface area contributed by atoms with Crippen molar-refractivity contribution >= 4 is 29.3 Å². The first-order valence-electron chi connectivity index (χ1n) is 12.9. The number of ether oxygens (including phenoxy) is 1. The lowest BCUT2D eigenvalue weighted by atomic mass is 10.0. The van der Waals surface area contributed by atoms with Crippen molar-refractivity contribution < 1.29 is 14.3 Å². The van der Waals surface area contributed by atoms with Gasteiger partial charge < -0.3 is 15.0 Å². The predicted molar refractivity (Wildman–Crippen MR) is 148 cm³/mol. The lowest BCUT2D eigenvalue weighted by molar-refractivity contribution is 0.0374. The van der Waals surface area contributed by atoms with E-state index in [0.29, 0.717) is 24.2 Å². The molecule has 6 nitrogen and oxygen atoms in total. The van der Waals surface area contributed by atoms with E-state index in [1.165, 1.54) is 0 Å². The fourth-order valence-corrected chi connectivity index (χ4v) is 5.85. The summed E-state index contributed by atoms with van der Waals surface area (Å²) in [6, 6.07) is 19.7. The Bertz CT molecular complexity index is 1300. The number of carbonyl (C=O) groups is 2. The van der Waals surface area contributed by atoms with E-state index in [-0.39, 0.29) is 11.8 Å². The standard InChI is InChI=1S/C30H33N3O3S/c1-21-8-9-22(2)24(18-21)20-33-26-19-23(29(34)31-12-5-13-32-14-16-36-17-15-32)10-11-28(26)37-27-7-4-3-6-25(27)30(33)35/h3-4,6-11,18-19H,5,12-17,20H2,1-2H3,(H,31,34). The van der Waals surface area contributed by atoms with Crippen molar-refractivity contribution in [3.05, 3.63) is 88.5 Å². The van der Waals surface area contributed by atoms with Gasteiger partial charge in [-0.1, -0.05) is 47.7 Å². The molecule has 7 heteroatoms. The Kier molecular flexibility index (Phi) is 7.93. The molecule has 2 amide bonds. The predicted octanol–water partition coefficient (Wildman–Crippen LogP) is 5.07. The number of amides is 2. The molecule has 0 aliphatic carbocycles. The summed E-state index contributed by atoms with van der Waals surface area (Å²) in [7, 11) is 0. The van der Waals surface area contributed by atoms with Crippen LogP contribution < -0.4 is 10.2 Å². The van der Waals surface area contributed by atoms with Crippen LogP contribution in [0.25, 0.3) is 0 Å². The molecule has 3 aromatic rings. The maximum Gasteiger partial charge on any atom is 0.259 e. The van der Waals surface area contributed by atoms with E-state index in [1.807, 2.05) is 47.4 Å². The van der Waals surface area contributed by atoms with Crippen molar-refractivity contribution in [1.82, 2.24) is 10.2 Å². The minimum Gasteiger partial charge on any atom is -0.379 e. The van der Waals surface area contributed by atoms with Gasteiger partial charge in [0.05, 0.1) is 31.0 Å². The van der Waals surface area contributed by atoms with Gasteiger partial charge in [0.25, 0.3) is 11.8 Å². The maximum absolute atomic E-state index is 13.8. The van der Waals surface area contributed by atoms with Crippen molar-refractivity contribution in [2.45, 2.75) is 36.6 Å². The first kappa shape index (κ1) is 25.5. The third-order valence-electron chi connectivity index (χ3n) is 6.97. The zero-order valence-corrected chi connectivity index (χ0v) is 22.3. The second-order valence-electron chi connectivity index (χ2n) is 9.67. The van der Waals surface area contributed by atoms with Crippen molar-refractivity contribution in [1.29, 1.82) is 0 Å². The number of fused-ring (bicyclic) bond motifs is 2. The van der Waals surface area contributed by atoms with E-state index in [0.717, 1.165) is 71.4 Å². The number of anilines is 1. The summed E-state index contributed by atoms with van der Waals surface area (Å²) in [4.78, 5) is 33.0. The summed E-state index contributed by atoms with van der Waals surface area (Å²) in [5.41, 5.74) is 5.41. The number of hydrogen-bond donors (Lipinski definition) is 1. The molecule has 1 fully saturated rings. The molecule has 0 saturated carbocycles. The van der Waals surface area contributed by atoms with Gasteiger partial charge in [-0.15, -0.1) is 0 Å². The highest BCUT2D eigenvalue weighted by Gasteiger charge is 2.28. The van der Waals surface area contributed by atoms with E-state index in [9.17, 15) is 9.59 Å². The second-order valence-corrected chi connectivity index (χ2v) is 10.7. The number of carbonyl (C=O) groups excluding carboxylic acids is 2. The smallest absolute Gasteiger partial charge is 0.259 e. The van der Waals surface area contributed by atoms with Crippen molar-refractivity contribution in [2.75, 3.05) is 44.3 Å². The van der Waals surface area contributed by atoms with Gasteiger partial charge in [0.2, 0.25) is 0 Å². The van der Waals surface area contributed by atoms with Crippen LogP contribution in [0.4, 0.5) is 5.69 Å². The lowest BCUT2D eigenvalue weighted by Gasteiger charge is -2.26. The summed E-state index contributed by atoms with van der Waals surface area (Å²) >= 11 is 1.58. The highest BCUT2D eigenvalue weighted by atomic mass is 32.2. The topological polar surface area (TPSA) is 61.9 Å². The summed E-state index contributed by atoms with van der Waals surface area (Å²) in [6.07, 6.45) is 0.888. The van der Waals surface area contributed by atoms with Gasteiger partial charge in [0, 0.05) is 35.0 Å². The molecule has 5 rings (SSSR count). The van der Waals surface area contributed by atoms with Crippen molar-refractivity contribution in [3.8, 4) is 0 Å². The first-order chi connectivity index (χ1) is 18.0. The zero-order valence-electron chi connectivity index (χ0n) is 21.5. The Balaban J connectivity index is 1.39. The van der Waals surface area contributed by atoms with Crippen LogP contribution in [0.15, 0.2) is 70.5 Å². The van der Waals surface area contributed by atoms with E-state index in [4.69, 9.17) is 4.74 Å². The molecular weight excluding hydrogens is 482 g/mol. The number of nitrogens with one attached hydrogen (secondary N) is 1. The summed E-state index contributed by atoms with van der Waals surface area (Å²) in [5.74, 6) is -0.165. The van der Waals surface area contributed by atoms with Gasteiger partial charge in [0.15, 0.2) is 0 Å². The van der Waals surface area contributed by atoms with Crippen LogP contribution in [0.5, 0.6) is 0 Å². The van der Waals surface area contributed by atoms with E-state index in [1.54, 1.807) is 11.8 Å². The highest BCUT2D eigenvalue weighted by Crippen LogP contribution is 2.42. The molecule has 0 aromatic heterocycles. The average molecular weight is 516 g/mol. The van der Waals surface area contributed by atoms with Gasteiger partial charge in [-0.25, -0.2) is 0 Å². The lowest BCUT2D eigenvalue weighted by Crippen LogP contribution is -2.38. The van der Waals surface area contributed by atoms with Crippen LogP contribution in [0.3, 0.4) is 0 Å². The van der Waals surface area contributed by atoms with Gasteiger partial charge in [-0.2, -0.15) is 0 Å². The second kappa shape index (κ2) is 11.5. The van der Waals surface area contributed by atoms with Gasteiger partial charge in [0.1, 0.15) is 0 Å². The number of benzene rings is 3. The van der Waals surface area contributed by atoms with E-state index >= 15 is 0 Å². The van der Waals surface area contributed by atoms with Crippen LogP contribution >= 0.6 is 11.8 Å². The molecule has 1 N–H and O–H groups in total. The third kappa shape index (κ3) is 5.90. The number of rotatable bonds is 7.